The minimum Gasteiger partial charge on any atom is -0.497 e. The van der Waals surface area contributed by atoms with E-state index in [1.165, 1.54) is 12.1 Å². The normalized spacial score (nSPS) is 15.6. The Labute approximate surface area is 185 Å². The second-order valence-electron chi connectivity index (χ2n) is 6.88. The van der Waals surface area contributed by atoms with E-state index in [4.69, 9.17) is 49.0 Å². The predicted octanol–water partition coefficient (Wildman–Crippen LogP) is 4.90. The molecule has 8 heteroatoms. The van der Waals surface area contributed by atoms with Crippen LogP contribution in [0.1, 0.15) is 18.4 Å². The predicted molar refractivity (Wildman–Crippen MR) is 115 cm³/mol. The van der Waals surface area contributed by atoms with Crippen molar-refractivity contribution in [1.82, 2.24) is 5.32 Å². The Kier molecular flexibility index (Phi) is 7.52. The third-order valence-corrected chi connectivity index (χ3v) is 6.13. The quantitative estimate of drug-likeness (QED) is 0.600. The Morgan fingerprint density at radius 1 is 1.07 bits per heavy atom. The molecule has 29 heavy (non-hydrogen) atoms. The molecule has 0 spiro atoms. The van der Waals surface area contributed by atoms with Gasteiger partial charge in [0.2, 0.25) is 0 Å². The molecule has 1 N–H and O–H groups in total. The van der Waals surface area contributed by atoms with Gasteiger partial charge in [-0.25, -0.2) is 0 Å². The number of ether oxygens (including phenoxy) is 3. The molecule has 0 aromatic heterocycles. The van der Waals surface area contributed by atoms with Gasteiger partial charge in [0.1, 0.15) is 11.5 Å². The summed E-state index contributed by atoms with van der Waals surface area (Å²) in [6, 6.07) is 10.9. The third kappa shape index (κ3) is 5.48. The zero-order chi connectivity index (χ0) is 20.9. The second kappa shape index (κ2) is 9.90. The number of methoxy groups -OCH3 is 1. The third-order valence-electron chi connectivity index (χ3n) is 5.11. The van der Waals surface area contributed by atoms with E-state index in [0.717, 1.165) is 24.2 Å². The first-order valence-corrected chi connectivity index (χ1v) is 10.3. The molecule has 1 aliphatic rings. The van der Waals surface area contributed by atoms with Gasteiger partial charge < -0.3 is 19.5 Å². The maximum Gasteiger partial charge on any atom is 0.257 e. The van der Waals surface area contributed by atoms with Crippen LogP contribution in [0.3, 0.4) is 0 Å². The van der Waals surface area contributed by atoms with E-state index in [-0.39, 0.29) is 17.9 Å². The Bertz CT molecular complexity index is 852. The number of benzene rings is 2. The molecule has 2 aromatic rings. The van der Waals surface area contributed by atoms with Gasteiger partial charge in [-0.2, -0.15) is 0 Å². The molecule has 0 bridgehead atoms. The highest BCUT2D eigenvalue weighted by atomic mass is 35.5. The van der Waals surface area contributed by atoms with E-state index in [2.05, 4.69) is 5.32 Å². The second-order valence-corrected chi connectivity index (χ2v) is 8.10. The minimum atomic E-state index is -0.244. The summed E-state index contributed by atoms with van der Waals surface area (Å²) in [4.78, 5) is 12.4. The average Bonchev–Trinajstić information content (AvgIpc) is 2.74. The van der Waals surface area contributed by atoms with E-state index >= 15 is 0 Å². The fourth-order valence-electron chi connectivity index (χ4n) is 3.35. The topological polar surface area (TPSA) is 56.8 Å². The maximum atomic E-state index is 12.4. The molecule has 1 fully saturated rings. The highest BCUT2D eigenvalue weighted by Crippen LogP contribution is 2.36. The van der Waals surface area contributed by atoms with E-state index in [9.17, 15) is 4.79 Å². The van der Waals surface area contributed by atoms with Crippen molar-refractivity contribution in [2.24, 2.45) is 0 Å². The zero-order valence-corrected chi connectivity index (χ0v) is 18.2. The molecule has 0 saturated carbocycles. The summed E-state index contributed by atoms with van der Waals surface area (Å²) in [5, 5.41) is 3.92. The molecule has 1 heterocycles. The Morgan fingerprint density at radius 3 is 2.38 bits per heavy atom. The first-order valence-electron chi connectivity index (χ1n) is 9.20. The van der Waals surface area contributed by atoms with Crippen molar-refractivity contribution < 1.29 is 19.0 Å². The monoisotopic (exact) mass is 457 g/mol. The van der Waals surface area contributed by atoms with Crippen molar-refractivity contribution in [3.63, 3.8) is 0 Å². The standard InChI is InChI=1S/C21H22Cl3NO4/c1-27-15-4-2-14(3-5-15)21(6-8-28-9-7-21)13-25-20(26)12-29-19-11-17(23)16(22)10-18(19)24/h2-5,10-11H,6-9,12-13H2,1H3,(H,25,26). The Morgan fingerprint density at radius 2 is 1.72 bits per heavy atom. The summed E-state index contributed by atoms with van der Waals surface area (Å²) in [5.41, 5.74) is 0.955. The van der Waals surface area contributed by atoms with Crippen LogP contribution in [0.25, 0.3) is 0 Å². The molecule has 0 aliphatic carbocycles. The summed E-state index contributed by atoms with van der Waals surface area (Å²) in [6.07, 6.45) is 1.64. The largest absolute Gasteiger partial charge is 0.497 e. The maximum absolute atomic E-state index is 12.4. The van der Waals surface area contributed by atoms with Gasteiger partial charge in [-0.15, -0.1) is 0 Å². The fourth-order valence-corrected chi connectivity index (χ4v) is 3.94. The summed E-state index contributed by atoms with van der Waals surface area (Å²) in [5.74, 6) is 0.866. The van der Waals surface area contributed by atoms with Crippen LogP contribution >= 0.6 is 34.8 Å². The van der Waals surface area contributed by atoms with Gasteiger partial charge in [-0.1, -0.05) is 46.9 Å². The Hall–Kier alpha value is -1.66. The molecule has 156 valence electrons. The molecule has 0 atom stereocenters. The molecule has 3 rings (SSSR count). The number of hydrogen-bond donors (Lipinski definition) is 1. The number of carbonyl (C=O) groups excluding carboxylic acids is 1. The number of nitrogens with one attached hydrogen (secondary N) is 1. The van der Waals surface area contributed by atoms with Gasteiger partial charge in [-0.05, 0) is 36.6 Å². The summed E-state index contributed by atoms with van der Waals surface area (Å²) in [6.45, 7) is 1.61. The van der Waals surface area contributed by atoms with Crippen molar-refractivity contribution in [2.75, 3.05) is 33.5 Å². The van der Waals surface area contributed by atoms with Crippen LogP contribution in [0.5, 0.6) is 11.5 Å². The lowest BCUT2D eigenvalue weighted by atomic mass is 9.74. The van der Waals surface area contributed by atoms with Crippen molar-refractivity contribution in [1.29, 1.82) is 0 Å². The number of hydrogen-bond acceptors (Lipinski definition) is 4. The van der Waals surface area contributed by atoms with E-state index in [1.54, 1.807) is 7.11 Å². The van der Waals surface area contributed by atoms with Gasteiger partial charge in [-0.3, -0.25) is 4.79 Å². The number of amides is 1. The molecule has 2 aromatic carbocycles. The van der Waals surface area contributed by atoms with Crippen LogP contribution < -0.4 is 14.8 Å². The highest BCUT2D eigenvalue weighted by molar-refractivity contribution is 6.43. The lowest BCUT2D eigenvalue weighted by molar-refractivity contribution is -0.123. The van der Waals surface area contributed by atoms with Crippen molar-refractivity contribution in [3.05, 3.63) is 57.0 Å². The van der Waals surface area contributed by atoms with E-state index < -0.39 is 0 Å². The molecular formula is C21H22Cl3NO4. The van der Waals surface area contributed by atoms with Crippen LogP contribution in [0.15, 0.2) is 36.4 Å². The molecule has 0 unspecified atom stereocenters. The lowest BCUT2D eigenvalue weighted by Crippen LogP contribution is -2.45. The molecule has 1 saturated heterocycles. The first-order chi connectivity index (χ1) is 13.9. The van der Waals surface area contributed by atoms with Crippen LogP contribution in [-0.4, -0.2) is 39.4 Å². The smallest absolute Gasteiger partial charge is 0.257 e. The Balaban J connectivity index is 1.63. The molecule has 1 aliphatic heterocycles. The minimum absolute atomic E-state index is 0.174. The molecular weight excluding hydrogens is 437 g/mol. The van der Waals surface area contributed by atoms with Gasteiger partial charge in [0.15, 0.2) is 6.61 Å². The van der Waals surface area contributed by atoms with Crippen molar-refractivity contribution in [3.8, 4) is 11.5 Å². The fraction of sp³-hybridized carbons (Fsp3) is 0.381. The summed E-state index contributed by atoms with van der Waals surface area (Å²) < 4.78 is 16.3. The summed E-state index contributed by atoms with van der Waals surface area (Å²) >= 11 is 18.0. The van der Waals surface area contributed by atoms with Gasteiger partial charge in [0.25, 0.3) is 5.91 Å². The SMILES string of the molecule is COc1ccc(C2(CNC(=O)COc3cc(Cl)c(Cl)cc3Cl)CCOCC2)cc1. The van der Waals surface area contributed by atoms with Gasteiger partial charge in [0, 0.05) is 31.2 Å². The molecule has 0 radical (unpaired) electrons. The van der Waals surface area contributed by atoms with Crippen molar-refractivity contribution >= 4 is 40.7 Å². The summed E-state index contributed by atoms with van der Waals surface area (Å²) in [7, 11) is 1.64. The van der Waals surface area contributed by atoms with Crippen LogP contribution in [-0.2, 0) is 14.9 Å². The lowest BCUT2D eigenvalue weighted by Gasteiger charge is -2.38. The van der Waals surface area contributed by atoms with E-state index in [0.29, 0.717) is 40.6 Å². The van der Waals surface area contributed by atoms with Crippen LogP contribution in [0.2, 0.25) is 15.1 Å². The van der Waals surface area contributed by atoms with Gasteiger partial charge in [0.05, 0.1) is 22.2 Å². The van der Waals surface area contributed by atoms with Crippen LogP contribution in [0.4, 0.5) is 0 Å². The van der Waals surface area contributed by atoms with Gasteiger partial charge >= 0.3 is 0 Å². The molecule has 1 amide bonds. The first kappa shape index (κ1) is 22.0. The average molecular weight is 459 g/mol. The molecule has 5 nitrogen and oxygen atoms in total. The number of rotatable bonds is 7. The zero-order valence-electron chi connectivity index (χ0n) is 16.0. The number of halogens is 3. The van der Waals surface area contributed by atoms with Crippen molar-refractivity contribution in [2.45, 2.75) is 18.3 Å². The van der Waals surface area contributed by atoms with Crippen LogP contribution in [0, 0.1) is 0 Å². The number of carbonyl (C=O) groups is 1. The highest BCUT2D eigenvalue weighted by Gasteiger charge is 2.35. The van der Waals surface area contributed by atoms with E-state index in [1.807, 2.05) is 24.3 Å².